The number of fused-ring (bicyclic) bond motifs is 1. The van der Waals surface area contributed by atoms with Crippen molar-refractivity contribution in [2.24, 2.45) is 10.9 Å². The van der Waals surface area contributed by atoms with E-state index in [1.165, 1.54) is 11.1 Å². The number of aliphatic carboxylic acids is 1. The number of hydrazone groups is 1. The van der Waals surface area contributed by atoms with Crippen molar-refractivity contribution in [2.75, 3.05) is 24.3 Å². The number of hydrogen-bond donors (Lipinski definition) is 3. The van der Waals surface area contributed by atoms with Gasteiger partial charge in [-0.3, -0.25) is 14.4 Å². The van der Waals surface area contributed by atoms with Crippen LogP contribution in [0.3, 0.4) is 0 Å². The summed E-state index contributed by atoms with van der Waals surface area (Å²) in [5.74, 6) is 3.54. The van der Waals surface area contributed by atoms with E-state index in [-0.39, 0.29) is 24.8 Å². The smallest absolute Gasteiger partial charge is 0.305 e. The fourth-order valence-electron chi connectivity index (χ4n) is 3.49. The van der Waals surface area contributed by atoms with Crippen LogP contribution in [0, 0.1) is 0 Å². The molecule has 3 rings (SSSR count). The summed E-state index contributed by atoms with van der Waals surface area (Å²) in [5.41, 5.74) is 3.26. The minimum Gasteiger partial charge on any atom is -0.481 e. The summed E-state index contributed by atoms with van der Waals surface area (Å²) in [6, 6.07) is 11.4. The molecule has 9 nitrogen and oxygen atoms in total. The maximum atomic E-state index is 12.8. The second-order valence-corrected chi connectivity index (χ2v) is 7.12. The summed E-state index contributed by atoms with van der Waals surface area (Å²) < 4.78 is 0. The number of hydrogen-bond acceptors (Lipinski definition) is 6. The van der Waals surface area contributed by atoms with Crippen molar-refractivity contribution in [1.29, 1.82) is 0 Å². The molecule has 30 heavy (non-hydrogen) atoms. The molecular formula is C21H23N5O4. The Balaban J connectivity index is 1.87. The summed E-state index contributed by atoms with van der Waals surface area (Å²) in [4.78, 5) is 39.7. The van der Waals surface area contributed by atoms with Crippen LogP contribution in [-0.4, -0.2) is 54.1 Å². The number of rotatable bonds is 5. The Kier molecular flexibility index (Phi) is 6.01. The zero-order chi connectivity index (χ0) is 21.8. The minimum absolute atomic E-state index is 0.276. The van der Waals surface area contributed by atoms with Gasteiger partial charge in [0.2, 0.25) is 5.91 Å². The van der Waals surface area contributed by atoms with Crippen molar-refractivity contribution in [3.8, 4) is 0 Å². The Labute approximate surface area is 173 Å². The van der Waals surface area contributed by atoms with E-state index >= 15 is 0 Å². The van der Waals surface area contributed by atoms with E-state index in [9.17, 15) is 19.5 Å². The molecule has 1 atom stereocenters. The quantitative estimate of drug-likeness (QED) is 0.390. The predicted octanol–water partition coefficient (Wildman–Crippen LogP) is 1.48. The molecule has 9 heteroatoms. The molecule has 1 aliphatic heterocycles. The molecule has 4 N–H and O–H groups in total. The fourth-order valence-corrected chi connectivity index (χ4v) is 3.49. The number of nitrogens with zero attached hydrogens (tertiary/aromatic N) is 3. The third kappa shape index (κ3) is 4.40. The number of carbonyl (C=O) groups excluding carboxylic acids is 2. The number of nitrogens with two attached hydrogens (primary N) is 1. The van der Waals surface area contributed by atoms with Gasteiger partial charge in [-0.15, -0.1) is 0 Å². The lowest BCUT2D eigenvalue weighted by atomic mass is 10.1. The monoisotopic (exact) mass is 409 g/mol. The molecule has 0 aromatic heterocycles. The van der Waals surface area contributed by atoms with E-state index in [1.807, 2.05) is 6.07 Å². The Bertz CT molecular complexity index is 1020. The first-order valence-corrected chi connectivity index (χ1v) is 9.27. The average Bonchev–Trinajstić information content (AvgIpc) is 2.78. The lowest BCUT2D eigenvalue weighted by Gasteiger charge is -2.27. The van der Waals surface area contributed by atoms with E-state index < -0.39 is 12.0 Å². The number of benzene rings is 2. The molecule has 0 aliphatic carbocycles. The first-order valence-electron chi connectivity index (χ1n) is 9.27. The van der Waals surface area contributed by atoms with Gasteiger partial charge in [-0.2, -0.15) is 5.10 Å². The Morgan fingerprint density at radius 3 is 2.73 bits per heavy atom. The highest BCUT2D eigenvalue weighted by atomic mass is 16.4. The van der Waals surface area contributed by atoms with Gasteiger partial charge >= 0.3 is 5.97 Å². The van der Waals surface area contributed by atoms with Crippen LogP contribution in [0.25, 0.3) is 0 Å². The van der Waals surface area contributed by atoms with Gasteiger partial charge in [0.25, 0.3) is 5.91 Å². The van der Waals surface area contributed by atoms with Crippen LogP contribution in [0.5, 0.6) is 0 Å². The van der Waals surface area contributed by atoms with Gasteiger partial charge in [0.15, 0.2) is 0 Å². The number of carboxylic acids is 1. The third-order valence-corrected chi connectivity index (χ3v) is 4.99. The zero-order valence-electron chi connectivity index (χ0n) is 16.7. The van der Waals surface area contributed by atoms with Gasteiger partial charge in [-0.05, 0) is 41.5 Å². The number of carboxylic acid groups (broad SMARTS) is 1. The Morgan fingerprint density at radius 2 is 2.03 bits per heavy atom. The molecule has 156 valence electrons. The van der Waals surface area contributed by atoms with Gasteiger partial charge in [-0.1, -0.05) is 12.1 Å². The SMILES string of the molecule is CN1Cc2cc(C(=O)Nc3cccc(C=NN)c3)ccc2N(C)C(CC(=O)O)C1=O. The largest absolute Gasteiger partial charge is 0.481 e. The molecule has 1 heterocycles. The van der Waals surface area contributed by atoms with Crippen LogP contribution in [0.2, 0.25) is 0 Å². The van der Waals surface area contributed by atoms with Crippen LogP contribution in [-0.2, 0) is 16.1 Å². The first-order chi connectivity index (χ1) is 14.3. The summed E-state index contributed by atoms with van der Waals surface area (Å²) in [6.45, 7) is 0.276. The van der Waals surface area contributed by atoms with Gasteiger partial charge in [-0.25, -0.2) is 0 Å². The van der Waals surface area contributed by atoms with Crippen molar-refractivity contribution in [3.05, 3.63) is 59.2 Å². The van der Waals surface area contributed by atoms with Gasteiger partial charge in [0.1, 0.15) is 6.04 Å². The number of nitrogens with one attached hydrogen (secondary N) is 1. The van der Waals surface area contributed by atoms with Crippen LogP contribution in [0.15, 0.2) is 47.6 Å². The lowest BCUT2D eigenvalue weighted by Crippen LogP contribution is -2.44. The highest BCUT2D eigenvalue weighted by molar-refractivity contribution is 6.05. The second kappa shape index (κ2) is 8.64. The molecule has 2 amide bonds. The first kappa shape index (κ1) is 20.8. The molecule has 1 aliphatic rings. The number of carbonyl (C=O) groups is 3. The molecule has 0 fully saturated rings. The minimum atomic E-state index is -1.05. The second-order valence-electron chi connectivity index (χ2n) is 7.12. The van der Waals surface area contributed by atoms with E-state index in [4.69, 9.17) is 5.84 Å². The molecule has 0 saturated heterocycles. The van der Waals surface area contributed by atoms with Gasteiger partial charge in [0, 0.05) is 37.6 Å². The van der Waals surface area contributed by atoms with Crippen molar-refractivity contribution in [1.82, 2.24) is 4.90 Å². The van der Waals surface area contributed by atoms with E-state index in [2.05, 4.69) is 10.4 Å². The zero-order valence-corrected chi connectivity index (χ0v) is 16.7. The van der Waals surface area contributed by atoms with Gasteiger partial charge < -0.3 is 26.1 Å². The highest BCUT2D eigenvalue weighted by Gasteiger charge is 2.33. The van der Waals surface area contributed by atoms with Crippen molar-refractivity contribution < 1.29 is 19.5 Å². The lowest BCUT2D eigenvalue weighted by molar-refractivity contribution is -0.141. The molecule has 2 aromatic rings. The maximum Gasteiger partial charge on any atom is 0.305 e. The highest BCUT2D eigenvalue weighted by Crippen LogP contribution is 2.29. The van der Waals surface area contributed by atoms with E-state index in [0.717, 1.165) is 16.8 Å². The van der Waals surface area contributed by atoms with Gasteiger partial charge in [0.05, 0.1) is 12.6 Å². The molecule has 0 spiro atoms. The van der Waals surface area contributed by atoms with E-state index in [1.54, 1.807) is 55.4 Å². The summed E-state index contributed by atoms with van der Waals surface area (Å²) in [5, 5.41) is 15.5. The Morgan fingerprint density at radius 1 is 1.27 bits per heavy atom. The van der Waals surface area contributed by atoms with Crippen molar-refractivity contribution >= 4 is 35.4 Å². The molecule has 2 aromatic carbocycles. The van der Waals surface area contributed by atoms with Crippen LogP contribution < -0.4 is 16.1 Å². The molecule has 0 radical (unpaired) electrons. The predicted molar refractivity (Wildman–Crippen MR) is 114 cm³/mol. The van der Waals surface area contributed by atoms with Crippen LogP contribution in [0.1, 0.15) is 27.9 Å². The molecular weight excluding hydrogens is 386 g/mol. The molecule has 0 bridgehead atoms. The average molecular weight is 409 g/mol. The van der Waals surface area contributed by atoms with Crippen molar-refractivity contribution in [2.45, 2.75) is 19.0 Å². The summed E-state index contributed by atoms with van der Waals surface area (Å²) in [7, 11) is 3.31. The number of anilines is 2. The summed E-state index contributed by atoms with van der Waals surface area (Å²) in [6.07, 6.45) is 1.18. The maximum absolute atomic E-state index is 12.8. The normalized spacial score (nSPS) is 16.3. The fraction of sp³-hybridized carbons (Fsp3) is 0.238. The topological polar surface area (TPSA) is 128 Å². The van der Waals surface area contributed by atoms with Crippen molar-refractivity contribution in [3.63, 3.8) is 0 Å². The standard InChI is InChI=1S/C21H23N5O4/c1-25-12-15-9-14(20(29)24-16-5-3-4-13(8-16)11-23-22)6-7-17(15)26(2)18(21(25)30)10-19(27)28/h3-9,11,18H,10,12,22H2,1-2H3,(H,24,29)(H,27,28). The van der Waals surface area contributed by atoms with Crippen LogP contribution >= 0.6 is 0 Å². The molecule has 0 saturated carbocycles. The van der Waals surface area contributed by atoms with Crippen LogP contribution in [0.4, 0.5) is 11.4 Å². The van der Waals surface area contributed by atoms with E-state index in [0.29, 0.717) is 11.3 Å². The summed E-state index contributed by atoms with van der Waals surface area (Å²) >= 11 is 0. The number of likely N-dealkylation sites (N-methyl/N-ethyl adjacent to an activating group) is 2. The number of amides is 2. The third-order valence-electron chi connectivity index (χ3n) is 4.99. The molecule has 1 unspecified atom stereocenters. The Hall–Kier alpha value is -3.88.